The van der Waals surface area contributed by atoms with Crippen molar-refractivity contribution in [2.45, 2.75) is 6.54 Å². The number of rotatable bonds is 4. The van der Waals surface area contributed by atoms with E-state index in [4.69, 9.17) is 16.0 Å². The molecule has 6 nitrogen and oxygen atoms in total. The van der Waals surface area contributed by atoms with E-state index >= 15 is 0 Å². The van der Waals surface area contributed by atoms with E-state index in [1.807, 2.05) is 36.4 Å². The summed E-state index contributed by atoms with van der Waals surface area (Å²) < 4.78 is 7.57. The van der Waals surface area contributed by atoms with E-state index in [1.54, 1.807) is 41.0 Å². The summed E-state index contributed by atoms with van der Waals surface area (Å²) in [5, 5.41) is 0.674. The van der Waals surface area contributed by atoms with Crippen LogP contribution in [0.1, 0.15) is 16.2 Å². The van der Waals surface area contributed by atoms with Crippen molar-refractivity contribution in [3.8, 4) is 11.3 Å². The number of carbonyl (C=O) groups is 1. The van der Waals surface area contributed by atoms with Gasteiger partial charge in [-0.3, -0.25) is 9.20 Å². The molecular weight excluding hydrogens is 352 g/mol. The third-order valence-corrected chi connectivity index (χ3v) is 4.24. The van der Waals surface area contributed by atoms with Gasteiger partial charge in [0.1, 0.15) is 17.2 Å². The van der Waals surface area contributed by atoms with Gasteiger partial charge < -0.3 is 9.32 Å². The first-order valence-electron chi connectivity index (χ1n) is 8.00. The number of hydrogen-bond donors (Lipinski definition) is 0. The van der Waals surface area contributed by atoms with E-state index in [0.717, 1.165) is 11.3 Å². The predicted octanol–water partition coefficient (Wildman–Crippen LogP) is 3.91. The normalized spacial score (nSPS) is 11.0. The van der Waals surface area contributed by atoms with Crippen LogP contribution in [0, 0.1) is 0 Å². The largest absolute Gasteiger partial charge is 0.459 e. The van der Waals surface area contributed by atoms with Gasteiger partial charge in [-0.25, -0.2) is 9.97 Å². The van der Waals surface area contributed by atoms with Crippen LogP contribution >= 0.6 is 11.6 Å². The zero-order valence-electron chi connectivity index (χ0n) is 14.0. The fraction of sp³-hybridized carbons (Fsp3) is 0.105. The Morgan fingerprint density at radius 3 is 2.81 bits per heavy atom. The third-order valence-electron chi connectivity index (χ3n) is 3.98. The highest BCUT2D eigenvalue weighted by molar-refractivity contribution is 6.30. The summed E-state index contributed by atoms with van der Waals surface area (Å²) in [7, 11) is 1.71. The number of furan rings is 1. The van der Waals surface area contributed by atoms with Crippen molar-refractivity contribution in [3.63, 3.8) is 0 Å². The van der Waals surface area contributed by atoms with E-state index in [2.05, 4.69) is 9.97 Å². The van der Waals surface area contributed by atoms with Crippen LogP contribution in [0.25, 0.3) is 17.1 Å². The summed E-state index contributed by atoms with van der Waals surface area (Å²) in [5.41, 5.74) is 1.27. The maximum absolute atomic E-state index is 12.6. The number of aromatic nitrogens is 3. The third kappa shape index (κ3) is 3.19. The lowest BCUT2D eigenvalue weighted by atomic mass is 10.2. The van der Waals surface area contributed by atoms with Crippen LogP contribution in [-0.2, 0) is 6.54 Å². The molecular formula is C19H15ClN4O2. The van der Waals surface area contributed by atoms with Gasteiger partial charge >= 0.3 is 0 Å². The van der Waals surface area contributed by atoms with Gasteiger partial charge in [0, 0.05) is 36.2 Å². The Labute approximate surface area is 154 Å². The van der Waals surface area contributed by atoms with Crippen molar-refractivity contribution in [1.82, 2.24) is 19.3 Å². The summed E-state index contributed by atoms with van der Waals surface area (Å²) in [6, 6.07) is 12.9. The van der Waals surface area contributed by atoms with Gasteiger partial charge in [0.2, 0.25) is 5.78 Å². The van der Waals surface area contributed by atoms with Gasteiger partial charge in [0.15, 0.2) is 0 Å². The molecule has 0 fully saturated rings. The first-order chi connectivity index (χ1) is 12.6. The van der Waals surface area contributed by atoms with Crippen LogP contribution < -0.4 is 0 Å². The molecule has 130 valence electrons. The molecule has 0 saturated carbocycles. The minimum Gasteiger partial charge on any atom is -0.459 e. The van der Waals surface area contributed by atoms with Gasteiger partial charge in [-0.1, -0.05) is 11.6 Å². The summed E-state index contributed by atoms with van der Waals surface area (Å²) in [4.78, 5) is 22.5. The number of nitrogens with zero attached hydrogens (tertiary/aromatic N) is 4. The molecule has 0 aliphatic rings. The molecule has 4 aromatic rings. The predicted molar refractivity (Wildman–Crippen MR) is 97.9 cm³/mol. The van der Waals surface area contributed by atoms with Crippen molar-refractivity contribution in [3.05, 3.63) is 77.5 Å². The van der Waals surface area contributed by atoms with Crippen molar-refractivity contribution in [1.29, 1.82) is 0 Å². The molecule has 0 bridgehead atoms. The first-order valence-corrected chi connectivity index (χ1v) is 8.38. The maximum Gasteiger partial charge on any atom is 0.274 e. The minimum atomic E-state index is -0.194. The van der Waals surface area contributed by atoms with E-state index in [9.17, 15) is 4.79 Å². The lowest BCUT2D eigenvalue weighted by molar-refractivity contribution is 0.0770. The Morgan fingerprint density at radius 1 is 1.23 bits per heavy atom. The van der Waals surface area contributed by atoms with E-state index in [0.29, 0.717) is 28.8 Å². The van der Waals surface area contributed by atoms with Crippen molar-refractivity contribution < 1.29 is 9.21 Å². The molecule has 4 rings (SSSR count). The molecule has 1 aromatic carbocycles. The molecule has 0 saturated heterocycles. The quantitative estimate of drug-likeness (QED) is 0.549. The second-order valence-electron chi connectivity index (χ2n) is 5.89. The monoisotopic (exact) mass is 366 g/mol. The van der Waals surface area contributed by atoms with Crippen LogP contribution in [0.4, 0.5) is 0 Å². The van der Waals surface area contributed by atoms with Gasteiger partial charge in [0.05, 0.1) is 6.54 Å². The van der Waals surface area contributed by atoms with Crippen molar-refractivity contribution in [2.75, 3.05) is 7.05 Å². The SMILES string of the molecule is CN(Cc1ccc(-c2ccc(Cl)cc2)o1)C(=O)c1cn2cccnc2n1. The zero-order chi connectivity index (χ0) is 18.1. The van der Waals surface area contributed by atoms with Crippen LogP contribution in [0.3, 0.4) is 0 Å². The average molecular weight is 367 g/mol. The highest BCUT2D eigenvalue weighted by Gasteiger charge is 2.17. The van der Waals surface area contributed by atoms with Crippen molar-refractivity contribution >= 4 is 23.3 Å². The number of benzene rings is 1. The molecule has 0 spiro atoms. The Kier molecular flexibility index (Phi) is 4.18. The Balaban J connectivity index is 1.50. The molecule has 3 aromatic heterocycles. The smallest absolute Gasteiger partial charge is 0.274 e. The molecule has 0 N–H and O–H groups in total. The standard InChI is InChI=1S/C19H15ClN4O2/c1-23(18(25)16-12-24-10-2-9-21-19(24)22-16)11-15-7-8-17(26-15)13-3-5-14(20)6-4-13/h2-10,12H,11H2,1H3. The minimum absolute atomic E-state index is 0.194. The topological polar surface area (TPSA) is 63.6 Å². The van der Waals surface area contributed by atoms with Crippen LogP contribution in [0.2, 0.25) is 5.02 Å². The molecule has 0 aliphatic heterocycles. The van der Waals surface area contributed by atoms with Crippen LogP contribution in [0.15, 0.2) is 65.5 Å². The number of fused-ring (bicyclic) bond motifs is 1. The van der Waals surface area contributed by atoms with Crippen LogP contribution in [0.5, 0.6) is 0 Å². The molecule has 3 heterocycles. The lowest BCUT2D eigenvalue weighted by Gasteiger charge is -2.13. The Morgan fingerprint density at radius 2 is 2.04 bits per heavy atom. The number of hydrogen-bond acceptors (Lipinski definition) is 4. The fourth-order valence-electron chi connectivity index (χ4n) is 2.67. The number of imidazole rings is 1. The second-order valence-corrected chi connectivity index (χ2v) is 6.32. The second kappa shape index (κ2) is 6.65. The summed E-state index contributed by atoms with van der Waals surface area (Å²) in [6.07, 6.45) is 5.11. The number of amides is 1. The lowest BCUT2D eigenvalue weighted by Crippen LogP contribution is -2.26. The first kappa shape index (κ1) is 16.4. The highest BCUT2D eigenvalue weighted by atomic mass is 35.5. The molecule has 0 atom stereocenters. The van der Waals surface area contributed by atoms with Gasteiger partial charge in [-0.05, 0) is 42.5 Å². The van der Waals surface area contributed by atoms with Crippen LogP contribution in [-0.4, -0.2) is 32.2 Å². The number of carbonyl (C=O) groups excluding carboxylic acids is 1. The highest BCUT2D eigenvalue weighted by Crippen LogP contribution is 2.24. The van der Waals surface area contributed by atoms with E-state index < -0.39 is 0 Å². The van der Waals surface area contributed by atoms with Crippen molar-refractivity contribution in [2.24, 2.45) is 0 Å². The summed E-state index contributed by atoms with van der Waals surface area (Å²) in [5.74, 6) is 1.72. The van der Waals surface area contributed by atoms with Gasteiger partial charge in [-0.2, -0.15) is 0 Å². The summed E-state index contributed by atoms with van der Waals surface area (Å²) in [6.45, 7) is 0.341. The number of halogens is 1. The molecule has 7 heteroatoms. The average Bonchev–Trinajstić information content (AvgIpc) is 3.28. The molecule has 0 radical (unpaired) electrons. The fourth-order valence-corrected chi connectivity index (χ4v) is 2.79. The van der Waals surface area contributed by atoms with E-state index in [-0.39, 0.29) is 5.91 Å². The van der Waals surface area contributed by atoms with E-state index in [1.165, 1.54) is 0 Å². The van der Waals surface area contributed by atoms with Gasteiger partial charge in [0.25, 0.3) is 5.91 Å². The zero-order valence-corrected chi connectivity index (χ0v) is 14.7. The molecule has 26 heavy (non-hydrogen) atoms. The summed E-state index contributed by atoms with van der Waals surface area (Å²) >= 11 is 5.91. The molecule has 1 amide bonds. The Bertz CT molecular complexity index is 1040. The maximum atomic E-state index is 12.6. The Hall–Kier alpha value is -3.12. The molecule has 0 aliphatic carbocycles. The molecule has 0 unspecified atom stereocenters. The van der Waals surface area contributed by atoms with Gasteiger partial charge in [-0.15, -0.1) is 0 Å².